The number of piperazine rings is 1. The Morgan fingerprint density at radius 1 is 0.939 bits per heavy atom. The lowest BCUT2D eigenvalue weighted by Gasteiger charge is -2.38. The van der Waals surface area contributed by atoms with Crippen molar-refractivity contribution in [1.82, 2.24) is 20.1 Å². The predicted molar refractivity (Wildman–Crippen MR) is 124 cm³/mol. The lowest BCUT2D eigenvalue weighted by atomic mass is 10.0. The van der Waals surface area contributed by atoms with Crippen molar-refractivity contribution in [3.63, 3.8) is 0 Å². The number of benzene rings is 2. The molecule has 2 heterocycles. The van der Waals surface area contributed by atoms with Crippen LogP contribution in [0.4, 0.5) is 4.39 Å². The molecule has 1 atom stereocenters. The molecule has 0 unspecified atom stereocenters. The summed E-state index contributed by atoms with van der Waals surface area (Å²) in [5, 5.41) is 3.10. The molecular formula is C25H24ClFN4O2. The van der Waals surface area contributed by atoms with E-state index in [2.05, 4.69) is 10.3 Å². The van der Waals surface area contributed by atoms with Crippen LogP contribution in [0.15, 0.2) is 72.8 Å². The van der Waals surface area contributed by atoms with Gasteiger partial charge in [-0.1, -0.05) is 72.3 Å². The lowest BCUT2D eigenvalue weighted by Crippen LogP contribution is -2.52. The summed E-state index contributed by atoms with van der Waals surface area (Å²) >= 11 is 5.84. The van der Waals surface area contributed by atoms with E-state index in [0.717, 1.165) is 17.2 Å². The summed E-state index contributed by atoms with van der Waals surface area (Å²) < 4.78 is 14.1. The van der Waals surface area contributed by atoms with Gasteiger partial charge in [0.15, 0.2) is 11.5 Å². The number of carbonyl (C=O) groups is 2. The number of rotatable bonds is 6. The Morgan fingerprint density at radius 2 is 1.58 bits per heavy atom. The summed E-state index contributed by atoms with van der Waals surface area (Å²) in [7, 11) is 0. The van der Waals surface area contributed by atoms with Gasteiger partial charge in [0, 0.05) is 32.7 Å². The number of nitrogens with one attached hydrogen (secondary N) is 1. The third-order valence-corrected chi connectivity index (χ3v) is 5.86. The van der Waals surface area contributed by atoms with E-state index >= 15 is 0 Å². The van der Waals surface area contributed by atoms with E-state index in [1.54, 1.807) is 4.90 Å². The minimum atomic E-state index is -0.700. The maximum atomic E-state index is 14.1. The maximum absolute atomic E-state index is 14.1. The van der Waals surface area contributed by atoms with Crippen molar-refractivity contribution in [2.45, 2.75) is 12.6 Å². The highest BCUT2D eigenvalue weighted by Crippen LogP contribution is 2.24. The van der Waals surface area contributed by atoms with Crippen LogP contribution in [0.2, 0.25) is 5.15 Å². The molecule has 2 aromatic carbocycles. The first kappa shape index (κ1) is 22.9. The van der Waals surface area contributed by atoms with Crippen molar-refractivity contribution in [3.05, 3.63) is 101 Å². The monoisotopic (exact) mass is 466 g/mol. The van der Waals surface area contributed by atoms with E-state index in [4.69, 9.17) is 11.6 Å². The van der Waals surface area contributed by atoms with Gasteiger partial charge in [0.2, 0.25) is 5.91 Å². The Kier molecular flexibility index (Phi) is 7.32. The molecule has 0 radical (unpaired) electrons. The minimum Gasteiger partial charge on any atom is -0.350 e. The van der Waals surface area contributed by atoms with Crippen molar-refractivity contribution < 1.29 is 14.0 Å². The summed E-state index contributed by atoms with van der Waals surface area (Å²) in [6, 6.07) is 21.3. The van der Waals surface area contributed by atoms with Gasteiger partial charge in [0.1, 0.15) is 11.2 Å². The fraction of sp³-hybridized carbons (Fsp3) is 0.240. The summed E-state index contributed by atoms with van der Waals surface area (Å²) in [6.45, 7) is 2.06. The normalized spacial score (nSPS) is 15.2. The molecule has 6 nitrogen and oxygen atoms in total. The molecule has 1 aliphatic rings. The molecule has 0 aliphatic carbocycles. The van der Waals surface area contributed by atoms with Gasteiger partial charge >= 0.3 is 0 Å². The summed E-state index contributed by atoms with van der Waals surface area (Å²) in [6.07, 6.45) is 0. The first-order valence-electron chi connectivity index (χ1n) is 10.7. The molecule has 1 fully saturated rings. The Balaban J connectivity index is 1.45. The number of hydrogen-bond donors (Lipinski definition) is 1. The molecule has 0 spiro atoms. The highest BCUT2D eigenvalue weighted by atomic mass is 35.5. The van der Waals surface area contributed by atoms with Crippen LogP contribution < -0.4 is 5.32 Å². The van der Waals surface area contributed by atoms with Crippen LogP contribution in [0.25, 0.3) is 0 Å². The van der Waals surface area contributed by atoms with Gasteiger partial charge < -0.3 is 10.2 Å². The van der Waals surface area contributed by atoms with Crippen LogP contribution in [-0.4, -0.2) is 52.8 Å². The molecule has 2 amide bonds. The van der Waals surface area contributed by atoms with Crippen molar-refractivity contribution in [3.8, 4) is 0 Å². The number of pyridine rings is 1. The molecule has 1 aliphatic heterocycles. The molecule has 4 rings (SSSR count). The summed E-state index contributed by atoms with van der Waals surface area (Å²) in [5.74, 6) is -1.30. The van der Waals surface area contributed by atoms with Gasteiger partial charge in [-0.3, -0.25) is 14.5 Å². The highest BCUT2D eigenvalue weighted by molar-refractivity contribution is 6.29. The second-order valence-corrected chi connectivity index (χ2v) is 8.20. The number of nitrogens with zero attached hydrogens (tertiary/aromatic N) is 3. The highest BCUT2D eigenvalue weighted by Gasteiger charge is 2.32. The molecule has 0 saturated carbocycles. The van der Waals surface area contributed by atoms with Crippen molar-refractivity contribution in [2.24, 2.45) is 0 Å². The van der Waals surface area contributed by atoms with Gasteiger partial charge in [-0.2, -0.15) is 0 Å². The maximum Gasteiger partial charge on any atom is 0.275 e. The zero-order valence-corrected chi connectivity index (χ0v) is 18.7. The van der Waals surface area contributed by atoms with E-state index in [1.807, 2.05) is 65.6 Å². The van der Waals surface area contributed by atoms with E-state index in [0.29, 0.717) is 32.7 Å². The van der Waals surface area contributed by atoms with Crippen LogP contribution in [-0.2, 0) is 11.3 Å². The quantitative estimate of drug-likeness (QED) is 0.563. The fourth-order valence-corrected chi connectivity index (χ4v) is 4.09. The standard InChI is InChI=1S/C25H24ClFN4O2/c26-21-12-11-20(27)22(29-21)25(33)31-15-13-30(14-16-31)23(19-9-5-2-6-10-19)24(32)28-17-18-7-3-1-4-8-18/h1-12,23H,13-17H2,(H,28,32)/t23-/m0/s1. The zero-order chi connectivity index (χ0) is 23.2. The van der Waals surface area contributed by atoms with Gasteiger partial charge in [-0.15, -0.1) is 0 Å². The number of hydrogen-bond acceptors (Lipinski definition) is 4. The van der Waals surface area contributed by atoms with Gasteiger partial charge in [0.25, 0.3) is 5.91 Å². The Morgan fingerprint density at radius 3 is 2.24 bits per heavy atom. The molecule has 8 heteroatoms. The first-order chi connectivity index (χ1) is 16.0. The SMILES string of the molecule is O=C(NCc1ccccc1)[C@H](c1ccccc1)N1CCN(C(=O)c2nc(Cl)ccc2F)CC1. The topological polar surface area (TPSA) is 65.5 Å². The van der Waals surface area contributed by atoms with E-state index < -0.39 is 17.8 Å². The average molecular weight is 467 g/mol. The molecular weight excluding hydrogens is 443 g/mol. The third-order valence-electron chi connectivity index (χ3n) is 5.65. The van der Waals surface area contributed by atoms with E-state index in [1.165, 1.54) is 6.07 Å². The smallest absolute Gasteiger partial charge is 0.275 e. The van der Waals surface area contributed by atoms with Crippen molar-refractivity contribution in [1.29, 1.82) is 0 Å². The Bertz CT molecular complexity index is 1110. The summed E-state index contributed by atoms with van der Waals surface area (Å²) in [5.41, 5.74) is 1.62. The Hall–Kier alpha value is -3.29. The summed E-state index contributed by atoms with van der Waals surface area (Å²) in [4.78, 5) is 33.4. The van der Waals surface area contributed by atoms with E-state index in [9.17, 15) is 14.0 Å². The lowest BCUT2D eigenvalue weighted by molar-refractivity contribution is -0.127. The van der Waals surface area contributed by atoms with E-state index in [-0.39, 0.29) is 16.8 Å². The number of halogens is 2. The van der Waals surface area contributed by atoms with Gasteiger partial charge in [-0.25, -0.2) is 9.37 Å². The third kappa shape index (κ3) is 5.56. The van der Waals surface area contributed by atoms with Crippen LogP contribution >= 0.6 is 11.6 Å². The molecule has 170 valence electrons. The fourth-order valence-electron chi connectivity index (χ4n) is 3.95. The van der Waals surface area contributed by atoms with Crippen LogP contribution in [0.3, 0.4) is 0 Å². The second kappa shape index (κ2) is 10.6. The average Bonchev–Trinajstić information content (AvgIpc) is 2.86. The largest absolute Gasteiger partial charge is 0.350 e. The second-order valence-electron chi connectivity index (χ2n) is 7.81. The molecule has 33 heavy (non-hydrogen) atoms. The number of amides is 2. The van der Waals surface area contributed by atoms with Crippen LogP contribution in [0.1, 0.15) is 27.7 Å². The molecule has 1 saturated heterocycles. The number of carbonyl (C=O) groups excluding carboxylic acids is 2. The zero-order valence-electron chi connectivity index (χ0n) is 18.0. The van der Waals surface area contributed by atoms with Gasteiger partial charge in [0.05, 0.1) is 0 Å². The molecule has 1 N–H and O–H groups in total. The van der Waals surface area contributed by atoms with Crippen LogP contribution in [0.5, 0.6) is 0 Å². The van der Waals surface area contributed by atoms with Crippen molar-refractivity contribution >= 4 is 23.4 Å². The molecule has 1 aromatic heterocycles. The molecule has 3 aromatic rings. The van der Waals surface area contributed by atoms with Gasteiger partial charge in [-0.05, 0) is 23.3 Å². The predicted octanol–water partition coefficient (Wildman–Crippen LogP) is 3.69. The minimum absolute atomic E-state index is 0.0672. The van der Waals surface area contributed by atoms with Crippen LogP contribution in [0, 0.1) is 5.82 Å². The first-order valence-corrected chi connectivity index (χ1v) is 11.1. The number of aromatic nitrogens is 1. The molecule has 0 bridgehead atoms. The Labute approximate surface area is 197 Å². The van der Waals surface area contributed by atoms with Crippen molar-refractivity contribution in [2.75, 3.05) is 26.2 Å².